The molecule has 0 aromatic heterocycles. The molecule has 1 rings (SSSR count). The van der Waals surface area contributed by atoms with Crippen molar-refractivity contribution in [3.8, 4) is 6.07 Å². The number of rotatable bonds is 4. The summed E-state index contributed by atoms with van der Waals surface area (Å²) in [7, 11) is 0. The Hall–Kier alpha value is -1.41. The quantitative estimate of drug-likeness (QED) is 0.855. The summed E-state index contributed by atoms with van der Waals surface area (Å²) >= 11 is 3.15. The molecule has 0 aliphatic rings. The van der Waals surface area contributed by atoms with Gasteiger partial charge in [-0.1, -0.05) is 15.9 Å². The summed E-state index contributed by atoms with van der Waals surface area (Å²) < 4.78 is 14.3. The van der Waals surface area contributed by atoms with E-state index in [1.807, 2.05) is 19.9 Å². The van der Waals surface area contributed by atoms with Crippen LogP contribution in [0, 0.1) is 17.1 Å². The van der Waals surface area contributed by atoms with Gasteiger partial charge in [-0.3, -0.25) is 4.79 Å². The molecule has 18 heavy (non-hydrogen) atoms. The maximum atomic E-state index is 13.7. The first-order valence-electron chi connectivity index (χ1n) is 5.60. The molecule has 1 aromatic rings. The molecule has 0 N–H and O–H groups in total. The number of carbonyl (C=O) groups is 1. The first-order valence-corrected chi connectivity index (χ1v) is 6.39. The van der Waals surface area contributed by atoms with Gasteiger partial charge in [0.05, 0.1) is 18.1 Å². The molecule has 0 atom stereocenters. The summed E-state index contributed by atoms with van der Waals surface area (Å²) in [5.41, 5.74) is 0.0323. The molecular formula is C13H14BrFN2O. The lowest BCUT2D eigenvalue weighted by atomic mass is 10.1. The van der Waals surface area contributed by atoms with Crippen LogP contribution in [0.15, 0.2) is 22.7 Å². The van der Waals surface area contributed by atoms with Crippen molar-refractivity contribution in [3.05, 3.63) is 34.1 Å². The number of amides is 1. The Bertz CT molecular complexity index is 482. The fourth-order valence-corrected chi connectivity index (χ4v) is 1.92. The van der Waals surface area contributed by atoms with Crippen LogP contribution in [0.1, 0.15) is 30.6 Å². The Morgan fingerprint density at radius 3 is 2.72 bits per heavy atom. The smallest absolute Gasteiger partial charge is 0.257 e. The van der Waals surface area contributed by atoms with Crippen LogP contribution < -0.4 is 0 Å². The van der Waals surface area contributed by atoms with Crippen molar-refractivity contribution < 1.29 is 9.18 Å². The molecule has 5 heteroatoms. The summed E-state index contributed by atoms with van der Waals surface area (Å²) in [5.74, 6) is -0.942. The summed E-state index contributed by atoms with van der Waals surface area (Å²) in [6.07, 6.45) is 0.238. The zero-order valence-electron chi connectivity index (χ0n) is 10.3. The molecule has 0 radical (unpaired) electrons. The lowest BCUT2D eigenvalue weighted by molar-refractivity contribution is 0.0705. The van der Waals surface area contributed by atoms with Crippen LogP contribution in [0.2, 0.25) is 0 Å². The highest BCUT2D eigenvalue weighted by Gasteiger charge is 2.21. The Balaban J connectivity index is 2.99. The van der Waals surface area contributed by atoms with E-state index in [9.17, 15) is 9.18 Å². The lowest BCUT2D eigenvalue weighted by Crippen LogP contribution is -2.38. The Morgan fingerprint density at radius 1 is 1.56 bits per heavy atom. The third-order valence-electron chi connectivity index (χ3n) is 2.51. The summed E-state index contributed by atoms with van der Waals surface area (Å²) in [6, 6.07) is 6.24. The normalized spacial score (nSPS) is 10.2. The standard InChI is InChI=1S/C13H14BrFN2O/c1-9(2)17(7-3-6-16)13(18)11-5-4-10(14)8-12(11)15/h4-5,8-9H,3,7H2,1-2H3. The first kappa shape index (κ1) is 14.7. The number of nitriles is 1. The van der Waals surface area contributed by atoms with Crippen molar-refractivity contribution in [2.45, 2.75) is 26.3 Å². The third kappa shape index (κ3) is 3.54. The van der Waals surface area contributed by atoms with E-state index >= 15 is 0 Å². The second-order valence-corrected chi connectivity index (χ2v) is 5.04. The van der Waals surface area contributed by atoms with Gasteiger partial charge in [0.2, 0.25) is 0 Å². The van der Waals surface area contributed by atoms with Gasteiger partial charge < -0.3 is 4.90 Å². The zero-order chi connectivity index (χ0) is 13.7. The summed E-state index contributed by atoms with van der Waals surface area (Å²) in [4.78, 5) is 13.7. The highest BCUT2D eigenvalue weighted by Crippen LogP contribution is 2.18. The highest BCUT2D eigenvalue weighted by atomic mass is 79.9. The average Bonchev–Trinajstić information content (AvgIpc) is 2.28. The minimum absolute atomic E-state index is 0.0323. The van der Waals surface area contributed by atoms with Gasteiger partial charge in [0.1, 0.15) is 5.82 Å². The second-order valence-electron chi connectivity index (χ2n) is 4.12. The summed E-state index contributed by atoms with van der Waals surface area (Å²) in [5, 5.41) is 8.57. The lowest BCUT2D eigenvalue weighted by Gasteiger charge is -2.26. The molecule has 0 aliphatic carbocycles. The van der Waals surface area contributed by atoms with Gasteiger partial charge in [0.25, 0.3) is 5.91 Å². The van der Waals surface area contributed by atoms with E-state index in [-0.39, 0.29) is 23.9 Å². The molecule has 3 nitrogen and oxygen atoms in total. The van der Waals surface area contributed by atoms with E-state index in [1.165, 1.54) is 17.0 Å². The molecular weight excluding hydrogens is 299 g/mol. The van der Waals surface area contributed by atoms with Gasteiger partial charge in [-0.25, -0.2) is 4.39 Å². The SMILES string of the molecule is CC(C)N(CCC#N)C(=O)c1ccc(Br)cc1F. The number of hydrogen-bond acceptors (Lipinski definition) is 2. The van der Waals surface area contributed by atoms with Crippen LogP contribution in [-0.2, 0) is 0 Å². The average molecular weight is 313 g/mol. The molecule has 0 fully saturated rings. The predicted octanol–water partition coefficient (Wildman–Crippen LogP) is 3.35. The van der Waals surface area contributed by atoms with Gasteiger partial charge in [0.15, 0.2) is 0 Å². The van der Waals surface area contributed by atoms with E-state index in [4.69, 9.17) is 5.26 Å². The number of nitrogens with zero attached hydrogens (tertiary/aromatic N) is 2. The Labute approximate surface area is 114 Å². The predicted molar refractivity (Wildman–Crippen MR) is 70.5 cm³/mol. The molecule has 1 amide bonds. The third-order valence-corrected chi connectivity index (χ3v) is 3.00. The van der Waals surface area contributed by atoms with Gasteiger partial charge in [-0.2, -0.15) is 5.26 Å². The van der Waals surface area contributed by atoms with E-state index in [0.29, 0.717) is 11.0 Å². The van der Waals surface area contributed by atoms with E-state index < -0.39 is 5.82 Å². The zero-order valence-corrected chi connectivity index (χ0v) is 11.9. The fourth-order valence-electron chi connectivity index (χ4n) is 1.58. The van der Waals surface area contributed by atoms with Crippen LogP contribution in [0.3, 0.4) is 0 Å². The molecule has 0 aliphatic heterocycles. The van der Waals surface area contributed by atoms with E-state index in [1.54, 1.807) is 6.07 Å². The molecule has 0 unspecified atom stereocenters. The number of halogens is 2. The first-order chi connectivity index (χ1) is 8.47. The molecule has 0 saturated carbocycles. The fraction of sp³-hybridized carbons (Fsp3) is 0.385. The molecule has 1 aromatic carbocycles. The monoisotopic (exact) mass is 312 g/mol. The number of benzene rings is 1. The van der Waals surface area contributed by atoms with Crippen LogP contribution in [0.4, 0.5) is 4.39 Å². The van der Waals surface area contributed by atoms with Crippen molar-refractivity contribution in [1.29, 1.82) is 5.26 Å². The molecule has 0 heterocycles. The summed E-state index contributed by atoms with van der Waals surface area (Å²) in [6.45, 7) is 3.99. The topological polar surface area (TPSA) is 44.1 Å². The maximum absolute atomic E-state index is 13.7. The van der Waals surface area contributed by atoms with E-state index in [0.717, 1.165) is 0 Å². The Morgan fingerprint density at radius 2 is 2.22 bits per heavy atom. The second kappa shape index (κ2) is 6.50. The van der Waals surface area contributed by atoms with Crippen molar-refractivity contribution >= 4 is 21.8 Å². The molecule has 0 bridgehead atoms. The minimum Gasteiger partial charge on any atom is -0.335 e. The number of hydrogen-bond donors (Lipinski definition) is 0. The van der Waals surface area contributed by atoms with Crippen molar-refractivity contribution in [1.82, 2.24) is 4.90 Å². The van der Waals surface area contributed by atoms with Crippen molar-refractivity contribution in [2.75, 3.05) is 6.54 Å². The van der Waals surface area contributed by atoms with Gasteiger partial charge >= 0.3 is 0 Å². The van der Waals surface area contributed by atoms with Crippen LogP contribution in [0.5, 0.6) is 0 Å². The largest absolute Gasteiger partial charge is 0.335 e. The van der Waals surface area contributed by atoms with E-state index in [2.05, 4.69) is 15.9 Å². The minimum atomic E-state index is -0.558. The van der Waals surface area contributed by atoms with Crippen LogP contribution in [0.25, 0.3) is 0 Å². The van der Waals surface area contributed by atoms with Crippen molar-refractivity contribution in [3.63, 3.8) is 0 Å². The van der Waals surface area contributed by atoms with Crippen LogP contribution >= 0.6 is 15.9 Å². The van der Waals surface area contributed by atoms with Crippen molar-refractivity contribution in [2.24, 2.45) is 0 Å². The van der Waals surface area contributed by atoms with Gasteiger partial charge in [-0.15, -0.1) is 0 Å². The molecule has 0 saturated heterocycles. The molecule has 0 spiro atoms. The van der Waals surface area contributed by atoms with Gasteiger partial charge in [0, 0.05) is 17.1 Å². The molecule has 96 valence electrons. The van der Waals surface area contributed by atoms with Gasteiger partial charge in [-0.05, 0) is 32.0 Å². The number of carbonyl (C=O) groups excluding carboxylic acids is 1. The Kier molecular flexibility index (Phi) is 5.29. The maximum Gasteiger partial charge on any atom is 0.257 e. The van der Waals surface area contributed by atoms with Crippen LogP contribution in [-0.4, -0.2) is 23.4 Å². The highest BCUT2D eigenvalue weighted by molar-refractivity contribution is 9.10.